The number of amides is 1. The summed E-state index contributed by atoms with van der Waals surface area (Å²) in [5.41, 5.74) is 0.562. The van der Waals surface area contributed by atoms with Gasteiger partial charge in [0.1, 0.15) is 0 Å². The maximum absolute atomic E-state index is 11.8. The highest BCUT2D eigenvalue weighted by atomic mass is 35.5. The van der Waals surface area contributed by atoms with Crippen molar-refractivity contribution in [2.75, 3.05) is 24.5 Å². The molecule has 1 N–H and O–H groups in total. The Morgan fingerprint density at radius 1 is 1.31 bits per heavy atom. The van der Waals surface area contributed by atoms with Crippen LogP contribution in [0.25, 0.3) is 0 Å². The lowest BCUT2D eigenvalue weighted by molar-refractivity contribution is -0.117. The Morgan fingerprint density at radius 3 is 2.69 bits per heavy atom. The van der Waals surface area contributed by atoms with Crippen LogP contribution in [0.4, 0.5) is 5.69 Å². The second-order valence-corrected chi connectivity index (χ2v) is 4.34. The molecule has 0 aliphatic carbocycles. The van der Waals surface area contributed by atoms with Crippen molar-refractivity contribution in [3.8, 4) is 0 Å². The van der Waals surface area contributed by atoms with Crippen molar-refractivity contribution < 1.29 is 4.79 Å². The van der Waals surface area contributed by atoms with Crippen LogP contribution in [0.15, 0.2) is 12.4 Å². The van der Waals surface area contributed by atoms with Gasteiger partial charge in [-0.2, -0.15) is 0 Å². The van der Waals surface area contributed by atoms with E-state index in [2.05, 4.69) is 10.3 Å². The van der Waals surface area contributed by atoms with Gasteiger partial charge >= 0.3 is 0 Å². The lowest BCUT2D eigenvalue weighted by Crippen LogP contribution is -2.35. The van der Waals surface area contributed by atoms with Crippen LogP contribution in [-0.4, -0.2) is 30.5 Å². The fourth-order valence-corrected chi connectivity index (χ4v) is 2.25. The number of hydrogen-bond acceptors (Lipinski definition) is 3. The highest BCUT2D eigenvalue weighted by Gasteiger charge is 2.22. The molecule has 1 aromatic rings. The summed E-state index contributed by atoms with van der Waals surface area (Å²) in [6.07, 6.45) is 3.86. The fraction of sp³-hybridized carbons (Fsp3) is 0.400. The molecule has 1 aliphatic heterocycles. The molecular formula is C10H11Cl2N3O. The smallest absolute Gasteiger partial charge is 0.241 e. The van der Waals surface area contributed by atoms with Gasteiger partial charge in [-0.3, -0.25) is 9.78 Å². The predicted molar refractivity (Wildman–Crippen MR) is 64.1 cm³/mol. The first-order valence-electron chi connectivity index (χ1n) is 5.00. The summed E-state index contributed by atoms with van der Waals surface area (Å²) in [6, 6.07) is 0. The van der Waals surface area contributed by atoms with Crippen molar-refractivity contribution in [3.63, 3.8) is 0 Å². The molecule has 4 nitrogen and oxygen atoms in total. The Balaban J connectivity index is 2.37. The Bertz CT molecular complexity index is 391. The number of hydrogen-bond donors (Lipinski definition) is 1. The molecule has 1 amide bonds. The van der Waals surface area contributed by atoms with Crippen LogP contribution < -0.4 is 10.2 Å². The molecule has 16 heavy (non-hydrogen) atoms. The van der Waals surface area contributed by atoms with E-state index >= 15 is 0 Å². The summed E-state index contributed by atoms with van der Waals surface area (Å²) in [5, 5.41) is 3.85. The zero-order chi connectivity index (χ0) is 11.5. The Labute approximate surface area is 104 Å². The zero-order valence-electron chi connectivity index (χ0n) is 8.54. The average molecular weight is 260 g/mol. The van der Waals surface area contributed by atoms with Crippen molar-refractivity contribution in [2.24, 2.45) is 0 Å². The van der Waals surface area contributed by atoms with Crippen LogP contribution >= 0.6 is 23.2 Å². The largest absolute Gasteiger partial charge is 0.308 e. The van der Waals surface area contributed by atoms with Crippen LogP contribution in [0, 0.1) is 0 Å². The van der Waals surface area contributed by atoms with Gasteiger partial charge in [0.2, 0.25) is 5.91 Å². The van der Waals surface area contributed by atoms with E-state index in [9.17, 15) is 4.79 Å². The van der Waals surface area contributed by atoms with Gasteiger partial charge in [0.15, 0.2) is 0 Å². The minimum atomic E-state index is -0.0208. The molecule has 0 bridgehead atoms. The Morgan fingerprint density at radius 2 is 2.00 bits per heavy atom. The molecule has 6 heteroatoms. The van der Waals surface area contributed by atoms with Gasteiger partial charge in [-0.15, -0.1) is 0 Å². The molecule has 0 atom stereocenters. The van der Waals surface area contributed by atoms with E-state index in [0.717, 1.165) is 13.0 Å². The molecule has 2 rings (SSSR count). The summed E-state index contributed by atoms with van der Waals surface area (Å²) in [4.78, 5) is 17.3. The van der Waals surface area contributed by atoms with Crippen molar-refractivity contribution >= 4 is 34.8 Å². The van der Waals surface area contributed by atoms with Gasteiger partial charge < -0.3 is 10.2 Å². The highest BCUT2D eigenvalue weighted by molar-refractivity contribution is 6.39. The summed E-state index contributed by atoms with van der Waals surface area (Å²) in [5.74, 6) is -0.0208. The van der Waals surface area contributed by atoms with Gasteiger partial charge in [-0.25, -0.2) is 0 Å². The van der Waals surface area contributed by atoms with E-state index < -0.39 is 0 Å². The zero-order valence-corrected chi connectivity index (χ0v) is 10.1. The summed E-state index contributed by atoms with van der Waals surface area (Å²) < 4.78 is 0. The summed E-state index contributed by atoms with van der Waals surface area (Å²) >= 11 is 12.0. The normalized spacial score (nSPS) is 17.4. The number of carbonyl (C=O) groups excluding carboxylic acids is 1. The van der Waals surface area contributed by atoms with E-state index in [4.69, 9.17) is 23.2 Å². The van der Waals surface area contributed by atoms with Crippen molar-refractivity contribution in [2.45, 2.75) is 6.42 Å². The van der Waals surface area contributed by atoms with E-state index in [1.54, 1.807) is 4.90 Å². The van der Waals surface area contributed by atoms with Crippen LogP contribution in [-0.2, 0) is 4.79 Å². The van der Waals surface area contributed by atoms with Crippen molar-refractivity contribution in [3.05, 3.63) is 22.4 Å². The molecule has 86 valence electrons. The molecule has 1 aliphatic rings. The van der Waals surface area contributed by atoms with Crippen LogP contribution in [0.5, 0.6) is 0 Å². The standard InChI is InChI=1S/C10H11Cl2N3O/c11-7-4-14-5-8(12)10(7)15-3-1-2-13-6-9(15)16/h4-5,13H,1-3,6H2. The molecule has 2 heterocycles. The fourth-order valence-electron chi connectivity index (χ4n) is 1.68. The van der Waals surface area contributed by atoms with Gasteiger partial charge in [-0.1, -0.05) is 23.2 Å². The van der Waals surface area contributed by atoms with Gasteiger partial charge in [0.25, 0.3) is 0 Å². The quantitative estimate of drug-likeness (QED) is 0.836. The lowest BCUT2D eigenvalue weighted by Gasteiger charge is -2.22. The number of pyridine rings is 1. The van der Waals surface area contributed by atoms with Crippen molar-refractivity contribution in [1.82, 2.24) is 10.3 Å². The van der Waals surface area contributed by atoms with Crippen LogP contribution in [0.2, 0.25) is 10.0 Å². The third-order valence-electron chi connectivity index (χ3n) is 2.41. The molecule has 0 radical (unpaired) electrons. The number of nitrogens with zero attached hydrogens (tertiary/aromatic N) is 2. The Hall–Kier alpha value is -0.840. The first-order chi connectivity index (χ1) is 7.70. The third kappa shape index (κ3) is 2.29. The van der Waals surface area contributed by atoms with Crippen molar-refractivity contribution in [1.29, 1.82) is 0 Å². The maximum Gasteiger partial charge on any atom is 0.241 e. The number of aromatic nitrogens is 1. The van der Waals surface area contributed by atoms with Crippen LogP contribution in [0.3, 0.4) is 0 Å². The van der Waals surface area contributed by atoms with E-state index in [1.807, 2.05) is 0 Å². The highest BCUT2D eigenvalue weighted by Crippen LogP contribution is 2.32. The second kappa shape index (κ2) is 4.99. The molecule has 1 saturated heterocycles. The molecular weight excluding hydrogens is 249 g/mol. The molecule has 0 unspecified atom stereocenters. The topological polar surface area (TPSA) is 45.2 Å². The monoisotopic (exact) mass is 259 g/mol. The first kappa shape index (κ1) is 11.6. The molecule has 0 saturated carbocycles. The minimum absolute atomic E-state index is 0.0208. The van der Waals surface area contributed by atoms with Gasteiger partial charge in [0, 0.05) is 18.9 Å². The number of carbonyl (C=O) groups is 1. The maximum atomic E-state index is 11.8. The summed E-state index contributed by atoms with van der Waals surface area (Å²) in [7, 11) is 0. The predicted octanol–water partition coefficient (Wildman–Crippen LogP) is 1.71. The minimum Gasteiger partial charge on any atom is -0.308 e. The third-order valence-corrected chi connectivity index (χ3v) is 2.96. The Kier molecular flexibility index (Phi) is 3.63. The second-order valence-electron chi connectivity index (χ2n) is 3.53. The number of rotatable bonds is 1. The SMILES string of the molecule is O=C1CNCCCN1c1c(Cl)cncc1Cl. The van der Waals surface area contributed by atoms with E-state index in [1.165, 1.54) is 12.4 Å². The number of nitrogens with one attached hydrogen (secondary N) is 1. The molecule has 0 aromatic carbocycles. The first-order valence-corrected chi connectivity index (χ1v) is 5.76. The summed E-state index contributed by atoms with van der Waals surface area (Å²) in [6.45, 7) is 1.76. The van der Waals surface area contributed by atoms with E-state index in [0.29, 0.717) is 28.8 Å². The van der Waals surface area contributed by atoms with Gasteiger partial charge in [0.05, 0.1) is 22.3 Å². The molecule has 1 fully saturated rings. The number of anilines is 1. The number of halogens is 2. The average Bonchev–Trinajstić information content (AvgIpc) is 2.44. The lowest BCUT2D eigenvalue weighted by atomic mass is 10.3. The molecule has 1 aromatic heterocycles. The molecule has 0 spiro atoms. The van der Waals surface area contributed by atoms with Crippen LogP contribution in [0.1, 0.15) is 6.42 Å². The van der Waals surface area contributed by atoms with E-state index in [-0.39, 0.29) is 5.91 Å². The van der Waals surface area contributed by atoms with Gasteiger partial charge in [-0.05, 0) is 13.0 Å².